The number of aldehydes is 1. The van der Waals surface area contributed by atoms with Crippen LogP contribution in [0.5, 0.6) is 5.75 Å². The van der Waals surface area contributed by atoms with Crippen molar-refractivity contribution in [2.24, 2.45) is 0 Å². The zero-order valence-electron chi connectivity index (χ0n) is 23.3. The number of aromatic hydroxyl groups is 1. The Balaban J connectivity index is 1.44. The average Bonchev–Trinajstić information content (AvgIpc) is 3.42. The van der Waals surface area contributed by atoms with Crippen molar-refractivity contribution in [2.45, 2.75) is 43.8 Å². The third kappa shape index (κ3) is 8.73. The molecule has 0 spiro atoms. The number of aliphatic hydroxyl groups excluding tert-OH is 1. The molecule has 0 bridgehead atoms. The van der Waals surface area contributed by atoms with Crippen molar-refractivity contribution >= 4 is 34.9 Å². The fourth-order valence-corrected chi connectivity index (χ4v) is 4.67. The van der Waals surface area contributed by atoms with E-state index >= 15 is 0 Å². The lowest BCUT2D eigenvalue weighted by Gasteiger charge is -2.23. The van der Waals surface area contributed by atoms with E-state index in [1.165, 1.54) is 24.3 Å². The van der Waals surface area contributed by atoms with Crippen LogP contribution < -0.4 is 16.0 Å². The first kappa shape index (κ1) is 30.9. The monoisotopic (exact) mass is 588 g/mol. The fourth-order valence-electron chi connectivity index (χ4n) is 4.67. The molecule has 4 rings (SSSR count). The normalized spacial score (nSPS) is 13.1. The van der Waals surface area contributed by atoms with E-state index < -0.39 is 42.5 Å². The molecule has 0 fully saturated rings. The molecule has 6 N–H and O–H groups in total. The summed E-state index contributed by atoms with van der Waals surface area (Å²) in [4.78, 5) is 54.1. The van der Waals surface area contributed by atoms with Crippen molar-refractivity contribution in [2.75, 3.05) is 6.61 Å². The standard InChI is InChI=1S/C32H33FN4O6/c33-23-10-5-20(6-11-23)9-14-30(41)36-28(16-22-17-34-27-4-2-1-3-26(22)27)31(42)37-29(19-39)32(43)35-24(18-38)15-21-7-12-25(40)13-8-21/h1-8,10-13,17-18,24,28-29,34,39-40H,9,14-16,19H2,(H,35,43)(H,36,41)(H,37,42)/t24-,28+,29-/m0/s1. The first-order valence-electron chi connectivity index (χ1n) is 13.8. The van der Waals surface area contributed by atoms with Crippen LogP contribution in [0, 0.1) is 5.82 Å². The molecule has 1 aromatic heterocycles. The van der Waals surface area contributed by atoms with Gasteiger partial charge in [-0.3, -0.25) is 14.4 Å². The Morgan fingerprint density at radius 2 is 1.51 bits per heavy atom. The van der Waals surface area contributed by atoms with E-state index in [4.69, 9.17) is 0 Å². The quantitative estimate of drug-likeness (QED) is 0.124. The van der Waals surface area contributed by atoms with Gasteiger partial charge in [-0.05, 0) is 59.9 Å². The van der Waals surface area contributed by atoms with Crippen LogP contribution in [0.15, 0.2) is 79.0 Å². The highest BCUT2D eigenvalue weighted by Gasteiger charge is 2.28. The summed E-state index contributed by atoms with van der Waals surface area (Å²) < 4.78 is 13.2. The smallest absolute Gasteiger partial charge is 0.245 e. The number of nitrogens with one attached hydrogen (secondary N) is 4. The molecule has 11 heteroatoms. The van der Waals surface area contributed by atoms with Gasteiger partial charge in [0.05, 0.1) is 12.6 Å². The number of aliphatic hydroxyl groups is 1. The number of carbonyl (C=O) groups is 4. The average molecular weight is 589 g/mol. The lowest BCUT2D eigenvalue weighted by atomic mass is 10.0. The summed E-state index contributed by atoms with van der Waals surface area (Å²) in [5, 5.41) is 28.0. The van der Waals surface area contributed by atoms with Gasteiger partial charge in [0.15, 0.2) is 0 Å². The number of aromatic nitrogens is 1. The third-order valence-corrected chi connectivity index (χ3v) is 7.00. The number of aryl methyl sites for hydroxylation is 1. The number of fused-ring (bicyclic) bond motifs is 1. The summed E-state index contributed by atoms with van der Waals surface area (Å²) in [6.07, 6.45) is 2.87. The highest BCUT2D eigenvalue weighted by molar-refractivity contribution is 5.93. The minimum atomic E-state index is -1.39. The molecule has 0 saturated carbocycles. The van der Waals surface area contributed by atoms with Crippen molar-refractivity contribution < 1.29 is 33.8 Å². The van der Waals surface area contributed by atoms with Crippen LogP contribution in [0.2, 0.25) is 0 Å². The predicted molar refractivity (Wildman–Crippen MR) is 157 cm³/mol. The lowest BCUT2D eigenvalue weighted by molar-refractivity contribution is -0.133. The second-order valence-corrected chi connectivity index (χ2v) is 10.2. The molecule has 0 unspecified atom stereocenters. The minimum Gasteiger partial charge on any atom is -0.508 e. The summed E-state index contributed by atoms with van der Waals surface area (Å²) in [5.41, 5.74) is 3.04. The third-order valence-electron chi connectivity index (χ3n) is 7.00. The Bertz CT molecular complexity index is 1550. The lowest BCUT2D eigenvalue weighted by Crippen LogP contribution is -2.57. The van der Waals surface area contributed by atoms with Gasteiger partial charge in [-0.2, -0.15) is 0 Å². The number of phenolic OH excluding ortho intramolecular Hbond substituents is 1. The maximum absolute atomic E-state index is 13.4. The number of phenols is 1. The van der Waals surface area contributed by atoms with Crippen molar-refractivity contribution in [3.8, 4) is 5.75 Å². The van der Waals surface area contributed by atoms with Crippen LogP contribution in [0.25, 0.3) is 10.9 Å². The van der Waals surface area contributed by atoms with E-state index in [2.05, 4.69) is 20.9 Å². The van der Waals surface area contributed by atoms with Gasteiger partial charge in [-0.15, -0.1) is 0 Å². The molecule has 3 amide bonds. The molecule has 10 nitrogen and oxygen atoms in total. The Morgan fingerprint density at radius 3 is 2.21 bits per heavy atom. The molecular formula is C32H33FN4O6. The first-order valence-corrected chi connectivity index (χ1v) is 13.8. The van der Waals surface area contributed by atoms with Gasteiger partial charge in [-0.1, -0.05) is 42.5 Å². The van der Waals surface area contributed by atoms with Gasteiger partial charge < -0.3 is 35.9 Å². The molecule has 3 atom stereocenters. The number of carbonyl (C=O) groups excluding carboxylic acids is 4. The molecule has 4 aromatic rings. The largest absolute Gasteiger partial charge is 0.508 e. The highest BCUT2D eigenvalue weighted by Crippen LogP contribution is 2.19. The van der Waals surface area contributed by atoms with Gasteiger partial charge in [0, 0.05) is 29.9 Å². The van der Waals surface area contributed by atoms with Crippen LogP contribution >= 0.6 is 0 Å². The van der Waals surface area contributed by atoms with Gasteiger partial charge in [0.2, 0.25) is 17.7 Å². The van der Waals surface area contributed by atoms with Crippen LogP contribution in [0.1, 0.15) is 23.1 Å². The van der Waals surface area contributed by atoms with E-state index in [1.807, 2.05) is 24.3 Å². The fraction of sp³-hybridized carbons (Fsp3) is 0.250. The molecule has 43 heavy (non-hydrogen) atoms. The first-order chi connectivity index (χ1) is 20.7. The molecule has 0 saturated heterocycles. The number of para-hydroxylation sites is 1. The summed E-state index contributed by atoms with van der Waals surface area (Å²) in [5.74, 6) is -2.23. The topological polar surface area (TPSA) is 161 Å². The van der Waals surface area contributed by atoms with E-state index in [9.17, 15) is 33.8 Å². The van der Waals surface area contributed by atoms with Gasteiger partial charge in [0.25, 0.3) is 0 Å². The second kappa shape index (κ2) is 14.7. The number of H-pyrrole nitrogens is 1. The van der Waals surface area contributed by atoms with Crippen molar-refractivity contribution in [1.29, 1.82) is 0 Å². The molecule has 3 aromatic carbocycles. The van der Waals surface area contributed by atoms with Crippen molar-refractivity contribution in [3.05, 3.63) is 102 Å². The number of aromatic amines is 1. The molecular weight excluding hydrogens is 555 g/mol. The number of hydrogen-bond acceptors (Lipinski definition) is 6. The maximum Gasteiger partial charge on any atom is 0.245 e. The summed E-state index contributed by atoms with van der Waals surface area (Å²) in [7, 11) is 0. The van der Waals surface area contributed by atoms with E-state index in [-0.39, 0.29) is 30.8 Å². The molecule has 224 valence electrons. The van der Waals surface area contributed by atoms with Crippen LogP contribution in [-0.4, -0.2) is 63.9 Å². The van der Waals surface area contributed by atoms with E-state index in [0.29, 0.717) is 18.3 Å². The second-order valence-electron chi connectivity index (χ2n) is 10.2. The number of halogens is 1. The highest BCUT2D eigenvalue weighted by atomic mass is 19.1. The van der Waals surface area contributed by atoms with Gasteiger partial charge in [0.1, 0.15) is 29.9 Å². The number of amides is 3. The Hall–Kier alpha value is -5.03. The Morgan fingerprint density at radius 1 is 0.837 bits per heavy atom. The van der Waals surface area contributed by atoms with Crippen LogP contribution in [0.4, 0.5) is 4.39 Å². The van der Waals surface area contributed by atoms with E-state index in [1.54, 1.807) is 30.5 Å². The molecule has 0 aliphatic carbocycles. The van der Waals surface area contributed by atoms with Crippen LogP contribution in [0.3, 0.4) is 0 Å². The zero-order valence-corrected chi connectivity index (χ0v) is 23.3. The maximum atomic E-state index is 13.4. The van der Waals surface area contributed by atoms with Crippen molar-refractivity contribution in [3.63, 3.8) is 0 Å². The Kier molecular flexibility index (Phi) is 10.6. The molecule has 0 radical (unpaired) electrons. The Labute approximate surface area is 247 Å². The zero-order chi connectivity index (χ0) is 30.8. The summed E-state index contributed by atoms with van der Waals surface area (Å²) >= 11 is 0. The SMILES string of the molecule is O=C[C@H](Cc1ccc(O)cc1)NC(=O)[C@H](CO)NC(=O)[C@@H](Cc1c[nH]c2ccccc12)NC(=O)CCc1ccc(F)cc1. The molecule has 1 heterocycles. The number of rotatable bonds is 14. The number of hydrogen-bond donors (Lipinski definition) is 6. The summed E-state index contributed by atoms with van der Waals surface area (Å²) in [6.45, 7) is -0.749. The predicted octanol–water partition coefficient (Wildman–Crippen LogP) is 2.08. The van der Waals surface area contributed by atoms with Gasteiger partial charge >= 0.3 is 0 Å². The number of benzene rings is 3. The minimum absolute atomic E-state index is 0.0332. The molecule has 0 aliphatic heterocycles. The summed E-state index contributed by atoms with van der Waals surface area (Å²) in [6, 6.07) is 15.9. The molecule has 0 aliphatic rings. The van der Waals surface area contributed by atoms with Gasteiger partial charge in [-0.25, -0.2) is 4.39 Å². The van der Waals surface area contributed by atoms with Crippen LogP contribution in [-0.2, 0) is 38.4 Å². The van der Waals surface area contributed by atoms with Crippen molar-refractivity contribution in [1.82, 2.24) is 20.9 Å². The van der Waals surface area contributed by atoms with E-state index in [0.717, 1.165) is 22.0 Å².